The largest absolute Gasteiger partial charge is 0.493 e. The van der Waals surface area contributed by atoms with Crippen LogP contribution in [0.25, 0.3) is 0 Å². The van der Waals surface area contributed by atoms with Gasteiger partial charge in [0.05, 0.1) is 6.61 Å². The Balaban J connectivity index is 2.04. The Labute approximate surface area is 109 Å². The molecule has 1 N–H and O–H groups in total. The highest BCUT2D eigenvalue weighted by molar-refractivity contribution is 5.40. The molecule has 3 heteroatoms. The second kappa shape index (κ2) is 6.76. The molecule has 1 atom stereocenters. The summed E-state index contributed by atoms with van der Waals surface area (Å²) in [6, 6.07) is 6.93. The minimum atomic E-state index is 0.382. The third kappa shape index (κ3) is 3.24. The van der Waals surface area contributed by atoms with Crippen LogP contribution in [0.15, 0.2) is 18.2 Å². The first-order valence-corrected chi connectivity index (χ1v) is 6.92. The third-order valence-electron chi connectivity index (χ3n) is 3.32. The maximum absolute atomic E-state index is 5.55. The summed E-state index contributed by atoms with van der Waals surface area (Å²) < 4.78 is 11.0. The van der Waals surface area contributed by atoms with Crippen LogP contribution in [-0.2, 0) is 11.2 Å². The van der Waals surface area contributed by atoms with Gasteiger partial charge in [-0.15, -0.1) is 0 Å². The Hall–Kier alpha value is -1.06. The summed E-state index contributed by atoms with van der Waals surface area (Å²) >= 11 is 0. The predicted octanol–water partition coefficient (Wildman–Crippen LogP) is 2.70. The van der Waals surface area contributed by atoms with E-state index in [-0.39, 0.29) is 0 Å². The fraction of sp³-hybridized carbons (Fsp3) is 0.600. The number of benzene rings is 1. The van der Waals surface area contributed by atoms with Gasteiger partial charge in [-0.25, -0.2) is 0 Å². The van der Waals surface area contributed by atoms with Gasteiger partial charge in [0.25, 0.3) is 0 Å². The van der Waals surface area contributed by atoms with Crippen molar-refractivity contribution in [3.05, 3.63) is 29.3 Å². The zero-order valence-electron chi connectivity index (χ0n) is 11.4. The molecule has 0 aliphatic carbocycles. The van der Waals surface area contributed by atoms with Gasteiger partial charge in [-0.3, -0.25) is 0 Å². The highest BCUT2D eigenvalue weighted by Gasteiger charge is 2.16. The maximum atomic E-state index is 5.55. The van der Waals surface area contributed by atoms with Crippen LogP contribution in [0.2, 0.25) is 0 Å². The SMILES string of the molecule is CCNC(CCOCC)c1ccc2c(c1)CCO2. The van der Waals surface area contributed by atoms with Crippen molar-refractivity contribution in [3.8, 4) is 5.75 Å². The second-order valence-corrected chi connectivity index (χ2v) is 4.56. The van der Waals surface area contributed by atoms with E-state index in [1.54, 1.807) is 0 Å². The third-order valence-corrected chi connectivity index (χ3v) is 3.32. The first-order valence-electron chi connectivity index (χ1n) is 6.92. The normalized spacial score (nSPS) is 15.2. The topological polar surface area (TPSA) is 30.5 Å². The second-order valence-electron chi connectivity index (χ2n) is 4.56. The van der Waals surface area contributed by atoms with Crippen molar-refractivity contribution >= 4 is 0 Å². The number of hydrogen-bond donors (Lipinski definition) is 1. The summed E-state index contributed by atoms with van der Waals surface area (Å²) in [5, 5.41) is 3.53. The van der Waals surface area contributed by atoms with Crippen LogP contribution in [0.5, 0.6) is 5.75 Å². The van der Waals surface area contributed by atoms with Crippen LogP contribution in [0.3, 0.4) is 0 Å². The van der Waals surface area contributed by atoms with E-state index in [9.17, 15) is 0 Å². The lowest BCUT2D eigenvalue weighted by Crippen LogP contribution is -2.22. The summed E-state index contributed by atoms with van der Waals surface area (Å²) in [6.07, 6.45) is 2.05. The molecule has 1 aliphatic heterocycles. The fourth-order valence-corrected chi connectivity index (χ4v) is 2.40. The molecule has 18 heavy (non-hydrogen) atoms. The summed E-state index contributed by atoms with van der Waals surface area (Å²) in [6.45, 7) is 7.58. The van der Waals surface area contributed by atoms with Crippen LogP contribution in [0.4, 0.5) is 0 Å². The molecule has 0 bridgehead atoms. The summed E-state index contributed by atoms with van der Waals surface area (Å²) in [4.78, 5) is 0. The molecule has 1 aromatic carbocycles. The maximum Gasteiger partial charge on any atom is 0.122 e. The van der Waals surface area contributed by atoms with E-state index in [2.05, 4.69) is 30.4 Å². The molecule has 0 spiro atoms. The van der Waals surface area contributed by atoms with Crippen molar-refractivity contribution in [2.24, 2.45) is 0 Å². The number of rotatable bonds is 7. The van der Waals surface area contributed by atoms with Gasteiger partial charge < -0.3 is 14.8 Å². The minimum Gasteiger partial charge on any atom is -0.493 e. The molecule has 0 fully saturated rings. The average Bonchev–Trinajstić information content (AvgIpc) is 2.85. The lowest BCUT2D eigenvalue weighted by atomic mass is 10.0. The highest BCUT2D eigenvalue weighted by Crippen LogP contribution is 2.29. The predicted molar refractivity (Wildman–Crippen MR) is 73.2 cm³/mol. The van der Waals surface area contributed by atoms with Crippen molar-refractivity contribution in [1.29, 1.82) is 0 Å². The molecule has 1 aliphatic rings. The van der Waals surface area contributed by atoms with Crippen molar-refractivity contribution < 1.29 is 9.47 Å². The van der Waals surface area contributed by atoms with Gasteiger partial charge in [0.15, 0.2) is 0 Å². The van der Waals surface area contributed by atoms with Crippen LogP contribution in [0.1, 0.15) is 37.4 Å². The molecule has 0 saturated heterocycles. The number of fused-ring (bicyclic) bond motifs is 1. The molecule has 0 amide bonds. The van der Waals surface area contributed by atoms with E-state index < -0.39 is 0 Å². The Morgan fingerprint density at radius 2 is 2.28 bits per heavy atom. The summed E-state index contributed by atoms with van der Waals surface area (Å²) in [5.41, 5.74) is 2.69. The van der Waals surface area contributed by atoms with Crippen LogP contribution in [-0.4, -0.2) is 26.4 Å². The van der Waals surface area contributed by atoms with Crippen molar-refractivity contribution in [2.75, 3.05) is 26.4 Å². The van der Waals surface area contributed by atoms with Gasteiger partial charge in [0.2, 0.25) is 0 Å². The highest BCUT2D eigenvalue weighted by atomic mass is 16.5. The first-order chi connectivity index (χ1) is 8.85. The molecule has 100 valence electrons. The lowest BCUT2D eigenvalue weighted by Gasteiger charge is -2.19. The molecule has 1 aromatic rings. The van der Waals surface area contributed by atoms with Gasteiger partial charge >= 0.3 is 0 Å². The monoisotopic (exact) mass is 249 g/mol. The van der Waals surface area contributed by atoms with E-state index >= 15 is 0 Å². The molecule has 3 nitrogen and oxygen atoms in total. The lowest BCUT2D eigenvalue weighted by molar-refractivity contribution is 0.136. The molecule has 0 aromatic heterocycles. The molecule has 1 unspecified atom stereocenters. The minimum absolute atomic E-state index is 0.382. The van der Waals surface area contributed by atoms with Gasteiger partial charge in [-0.05, 0) is 37.1 Å². The van der Waals surface area contributed by atoms with Crippen molar-refractivity contribution in [2.45, 2.75) is 32.7 Å². The van der Waals surface area contributed by atoms with E-state index in [0.717, 1.165) is 45.0 Å². The van der Waals surface area contributed by atoms with E-state index in [4.69, 9.17) is 9.47 Å². The molecule has 1 heterocycles. The zero-order valence-corrected chi connectivity index (χ0v) is 11.4. The summed E-state index contributed by atoms with van der Waals surface area (Å²) in [5.74, 6) is 1.05. The standard InChI is InChI=1S/C15H23NO2/c1-3-16-14(8-9-17-4-2)12-5-6-15-13(11-12)7-10-18-15/h5-6,11,14,16H,3-4,7-10H2,1-2H3. The Morgan fingerprint density at radius 3 is 3.06 bits per heavy atom. The van der Waals surface area contributed by atoms with Gasteiger partial charge in [-0.1, -0.05) is 19.1 Å². The number of ether oxygens (including phenoxy) is 2. The molecule has 2 rings (SSSR count). The zero-order chi connectivity index (χ0) is 12.8. The van der Waals surface area contributed by atoms with Crippen LogP contribution < -0.4 is 10.1 Å². The van der Waals surface area contributed by atoms with Crippen LogP contribution in [0, 0.1) is 0 Å². The van der Waals surface area contributed by atoms with E-state index in [0.29, 0.717) is 6.04 Å². The van der Waals surface area contributed by atoms with Gasteiger partial charge in [0, 0.05) is 25.7 Å². The van der Waals surface area contributed by atoms with Crippen molar-refractivity contribution in [1.82, 2.24) is 5.32 Å². The van der Waals surface area contributed by atoms with Crippen molar-refractivity contribution in [3.63, 3.8) is 0 Å². The Kier molecular flexibility index (Phi) is 5.02. The number of hydrogen-bond acceptors (Lipinski definition) is 3. The molecular formula is C15H23NO2. The smallest absolute Gasteiger partial charge is 0.122 e. The quantitative estimate of drug-likeness (QED) is 0.754. The van der Waals surface area contributed by atoms with E-state index in [1.165, 1.54) is 11.1 Å². The number of nitrogens with one attached hydrogen (secondary N) is 1. The average molecular weight is 249 g/mol. The summed E-state index contributed by atoms with van der Waals surface area (Å²) in [7, 11) is 0. The first kappa shape index (κ1) is 13.4. The van der Waals surface area contributed by atoms with Gasteiger partial charge in [-0.2, -0.15) is 0 Å². The van der Waals surface area contributed by atoms with E-state index in [1.807, 2.05) is 6.92 Å². The Morgan fingerprint density at radius 1 is 1.39 bits per heavy atom. The molecular weight excluding hydrogens is 226 g/mol. The van der Waals surface area contributed by atoms with Gasteiger partial charge in [0.1, 0.15) is 5.75 Å². The Bertz CT molecular complexity index is 379. The van der Waals surface area contributed by atoms with Crippen LogP contribution >= 0.6 is 0 Å². The fourth-order valence-electron chi connectivity index (χ4n) is 2.40. The molecule has 0 saturated carbocycles. The molecule has 0 radical (unpaired) electrons.